The van der Waals surface area contributed by atoms with Crippen molar-refractivity contribution in [2.45, 2.75) is 38.0 Å². The first-order valence-electron chi connectivity index (χ1n) is 12.4. The number of thioether (sulfide) groups is 1. The van der Waals surface area contributed by atoms with Crippen LogP contribution in [0.5, 0.6) is 0 Å². The highest BCUT2D eigenvalue weighted by Crippen LogP contribution is 2.27. The van der Waals surface area contributed by atoms with E-state index in [2.05, 4.69) is 41.3 Å². The zero-order chi connectivity index (χ0) is 27.1. The van der Waals surface area contributed by atoms with Gasteiger partial charge in [-0.3, -0.25) is 9.59 Å². The van der Waals surface area contributed by atoms with Crippen LogP contribution in [0.4, 0.5) is 5.69 Å². The van der Waals surface area contributed by atoms with Crippen LogP contribution in [0.25, 0.3) is 10.8 Å². The number of allylic oxidation sites excluding steroid dienone is 1. The molecule has 0 radical (unpaired) electrons. The Morgan fingerprint density at radius 3 is 2.53 bits per heavy atom. The number of anilines is 1. The molecule has 4 rings (SSSR count). The van der Waals surface area contributed by atoms with E-state index in [-0.39, 0.29) is 23.5 Å². The fourth-order valence-electron chi connectivity index (χ4n) is 4.14. The lowest BCUT2D eigenvalue weighted by Crippen LogP contribution is -2.32. The number of aromatic nitrogens is 3. The Kier molecular flexibility index (Phi) is 9.20. The fraction of sp³-hybridized carbons (Fsp3) is 0.241. The lowest BCUT2D eigenvalue weighted by atomic mass is 10.0. The molecule has 9 heteroatoms. The number of rotatable bonds is 11. The third-order valence-electron chi connectivity index (χ3n) is 5.87. The minimum Gasteiger partial charge on any atom is -0.342 e. The van der Waals surface area contributed by atoms with Gasteiger partial charge in [0.05, 0.1) is 22.4 Å². The van der Waals surface area contributed by atoms with Gasteiger partial charge in [0.1, 0.15) is 0 Å². The Bertz CT molecular complexity index is 1450. The van der Waals surface area contributed by atoms with Crippen LogP contribution in [-0.2, 0) is 11.3 Å². The molecule has 196 valence electrons. The van der Waals surface area contributed by atoms with Crippen molar-refractivity contribution in [1.82, 2.24) is 20.1 Å². The van der Waals surface area contributed by atoms with Gasteiger partial charge in [0.15, 0.2) is 11.0 Å². The van der Waals surface area contributed by atoms with Gasteiger partial charge in [0.2, 0.25) is 5.91 Å². The molecule has 1 heterocycles. The van der Waals surface area contributed by atoms with Crippen molar-refractivity contribution in [2.75, 3.05) is 11.1 Å². The minimum atomic E-state index is -0.396. The van der Waals surface area contributed by atoms with E-state index in [1.54, 1.807) is 30.3 Å². The van der Waals surface area contributed by atoms with E-state index in [1.165, 1.54) is 11.8 Å². The molecule has 1 aromatic heterocycles. The molecular formula is C29H30ClN5O2S. The van der Waals surface area contributed by atoms with Crippen molar-refractivity contribution in [3.8, 4) is 0 Å². The van der Waals surface area contributed by atoms with Crippen LogP contribution < -0.4 is 10.6 Å². The van der Waals surface area contributed by atoms with E-state index in [0.717, 1.165) is 16.5 Å². The Hall–Kier alpha value is -3.62. The Labute approximate surface area is 231 Å². The molecule has 7 nitrogen and oxygen atoms in total. The van der Waals surface area contributed by atoms with Gasteiger partial charge in [-0.05, 0) is 47.4 Å². The van der Waals surface area contributed by atoms with Crippen LogP contribution in [0.1, 0.15) is 42.5 Å². The smallest absolute Gasteiger partial charge is 0.253 e. The average molecular weight is 548 g/mol. The number of carbonyl (C=O) groups excluding carboxylic acids is 2. The molecule has 38 heavy (non-hydrogen) atoms. The van der Waals surface area contributed by atoms with Crippen LogP contribution in [0.3, 0.4) is 0 Å². The van der Waals surface area contributed by atoms with E-state index >= 15 is 0 Å². The largest absolute Gasteiger partial charge is 0.342 e. The molecule has 2 amide bonds. The molecule has 0 aliphatic heterocycles. The molecule has 0 spiro atoms. The van der Waals surface area contributed by atoms with Crippen molar-refractivity contribution in [3.05, 3.63) is 95.8 Å². The number of hydrogen-bond acceptors (Lipinski definition) is 5. The summed E-state index contributed by atoms with van der Waals surface area (Å²) in [6, 6.07) is 20.4. The minimum absolute atomic E-state index is 0.147. The maximum absolute atomic E-state index is 13.0. The molecule has 4 aromatic rings. The van der Waals surface area contributed by atoms with E-state index in [1.807, 2.05) is 47.0 Å². The maximum Gasteiger partial charge on any atom is 0.253 e. The summed E-state index contributed by atoms with van der Waals surface area (Å²) in [5, 5.41) is 17.9. The molecular weight excluding hydrogens is 518 g/mol. The lowest BCUT2D eigenvalue weighted by Gasteiger charge is -2.21. The van der Waals surface area contributed by atoms with Crippen LogP contribution in [0, 0.1) is 5.92 Å². The zero-order valence-corrected chi connectivity index (χ0v) is 22.9. The van der Waals surface area contributed by atoms with E-state index < -0.39 is 6.04 Å². The van der Waals surface area contributed by atoms with Gasteiger partial charge in [-0.2, -0.15) is 0 Å². The molecule has 0 aliphatic rings. The molecule has 1 atom stereocenters. The van der Waals surface area contributed by atoms with Crippen LogP contribution in [0.2, 0.25) is 5.02 Å². The summed E-state index contributed by atoms with van der Waals surface area (Å²) in [5.41, 5.74) is 1.14. The van der Waals surface area contributed by atoms with Crippen molar-refractivity contribution in [1.29, 1.82) is 0 Å². The third kappa shape index (κ3) is 6.82. The normalized spacial score (nSPS) is 11.9. The number of fused-ring (bicyclic) bond motifs is 1. The zero-order valence-electron chi connectivity index (χ0n) is 21.4. The van der Waals surface area contributed by atoms with Crippen LogP contribution in [-0.4, -0.2) is 32.3 Å². The number of nitrogens with zero attached hydrogens (tertiary/aromatic N) is 3. The van der Waals surface area contributed by atoms with Gasteiger partial charge >= 0.3 is 0 Å². The first-order valence-corrected chi connectivity index (χ1v) is 13.7. The molecule has 0 saturated heterocycles. The fourth-order valence-corrected chi connectivity index (χ4v) is 5.12. The number of hydrogen-bond donors (Lipinski definition) is 2. The van der Waals surface area contributed by atoms with Crippen LogP contribution >= 0.6 is 23.4 Å². The molecule has 2 N–H and O–H groups in total. The maximum atomic E-state index is 13.0. The summed E-state index contributed by atoms with van der Waals surface area (Å²) in [5.74, 6) is 0.618. The summed E-state index contributed by atoms with van der Waals surface area (Å²) in [7, 11) is 0. The highest BCUT2D eigenvalue weighted by molar-refractivity contribution is 7.99. The highest BCUT2D eigenvalue weighted by atomic mass is 35.5. The van der Waals surface area contributed by atoms with Gasteiger partial charge in [-0.1, -0.05) is 85.8 Å². The lowest BCUT2D eigenvalue weighted by molar-refractivity contribution is -0.113. The van der Waals surface area contributed by atoms with Gasteiger partial charge in [-0.25, -0.2) is 0 Å². The molecule has 0 bridgehead atoms. The Morgan fingerprint density at radius 1 is 1.05 bits per heavy atom. The highest BCUT2D eigenvalue weighted by Gasteiger charge is 2.25. The molecule has 0 fully saturated rings. The summed E-state index contributed by atoms with van der Waals surface area (Å²) in [6.45, 7) is 8.46. The van der Waals surface area contributed by atoms with E-state index in [0.29, 0.717) is 34.5 Å². The standard InChI is InChI=1S/C29H30ClN5O2S/c1-4-15-35-27(25(16-19(2)3)32-28(37)23-11-7-8-12-24(23)30)33-34-29(35)38-18-26(36)31-22-14-13-20-9-5-6-10-21(20)17-22/h4-14,17,19,25H,1,15-16,18H2,2-3H3,(H,31,36)(H,32,37)/t25-/m1/s1. The third-order valence-corrected chi connectivity index (χ3v) is 7.16. The monoisotopic (exact) mass is 547 g/mol. The first kappa shape index (κ1) is 27.4. The number of benzene rings is 3. The predicted octanol–water partition coefficient (Wildman–Crippen LogP) is 6.52. The number of carbonyl (C=O) groups is 2. The van der Waals surface area contributed by atoms with Crippen molar-refractivity contribution in [2.24, 2.45) is 5.92 Å². The number of halogens is 1. The number of nitrogens with one attached hydrogen (secondary N) is 2. The van der Waals surface area contributed by atoms with Gasteiger partial charge in [-0.15, -0.1) is 16.8 Å². The van der Waals surface area contributed by atoms with Crippen LogP contribution in [0.15, 0.2) is 84.5 Å². The Morgan fingerprint density at radius 2 is 1.79 bits per heavy atom. The summed E-state index contributed by atoms with van der Waals surface area (Å²) >= 11 is 7.54. The molecule has 0 saturated carbocycles. The van der Waals surface area contributed by atoms with Gasteiger partial charge < -0.3 is 15.2 Å². The van der Waals surface area contributed by atoms with E-state index in [9.17, 15) is 9.59 Å². The molecule has 3 aromatic carbocycles. The first-order chi connectivity index (χ1) is 18.4. The van der Waals surface area contributed by atoms with Gasteiger partial charge in [0.25, 0.3) is 5.91 Å². The topological polar surface area (TPSA) is 88.9 Å². The predicted molar refractivity (Wildman–Crippen MR) is 155 cm³/mol. The van der Waals surface area contributed by atoms with Crippen molar-refractivity contribution in [3.63, 3.8) is 0 Å². The second-order valence-corrected chi connectivity index (χ2v) is 10.6. The van der Waals surface area contributed by atoms with Crippen molar-refractivity contribution >= 4 is 51.6 Å². The summed E-state index contributed by atoms with van der Waals surface area (Å²) < 4.78 is 1.89. The quantitative estimate of drug-likeness (QED) is 0.165. The molecule has 0 unspecified atom stereocenters. The van der Waals surface area contributed by atoms with Gasteiger partial charge in [0, 0.05) is 12.2 Å². The average Bonchev–Trinajstić information content (AvgIpc) is 3.29. The van der Waals surface area contributed by atoms with Crippen molar-refractivity contribution < 1.29 is 9.59 Å². The second kappa shape index (κ2) is 12.8. The summed E-state index contributed by atoms with van der Waals surface area (Å²) in [6.07, 6.45) is 2.40. The summed E-state index contributed by atoms with van der Waals surface area (Å²) in [4.78, 5) is 25.8. The second-order valence-electron chi connectivity index (χ2n) is 9.27. The number of amides is 2. The SMILES string of the molecule is C=CCn1c(SCC(=O)Nc2ccc3ccccc3c2)nnc1[C@@H](CC(C)C)NC(=O)c1ccccc1Cl. The molecule has 0 aliphatic carbocycles. The van der Waals surface area contributed by atoms with E-state index in [4.69, 9.17) is 11.6 Å². The Balaban J connectivity index is 1.49.